The molecule has 2 atom stereocenters. The van der Waals surface area contributed by atoms with E-state index in [1.165, 1.54) is 25.7 Å². The Morgan fingerprint density at radius 3 is 2.62 bits per heavy atom. The van der Waals surface area contributed by atoms with Crippen molar-refractivity contribution < 1.29 is 13.2 Å². The van der Waals surface area contributed by atoms with E-state index in [2.05, 4.69) is 21.9 Å². The van der Waals surface area contributed by atoms with E-state index in [0.717, 1.165) is 43.0 Å². The van der Waals surface area contributed by atoms with Gasteiger partial charge in [-0.05, 0) is 49.3 Å². The molecule has 1 saturated heterocycles. The highest BCUT2D eigenvalue weighted by atomic mass is 32.2. The molecule has 3 rings (SSSR count). The summed E-state index contributed by atoms with van der Waals surface area (Å²) in [5.41, 5.74) is 0.881. The predicted octanol–water partition coefficient (Wildman–Crippen LogP) is 2.20. The van der Waals surface area contributed by atoms with Crippen LogP contribution in [0.25, 0.3) is 0 Å². The Morgan fingerprint density at radius 1 is 1.24 bits per heavy atom. The monoisotopic (exact) mass is 422 g/mol. The Balaban J connectivity index is 1.68. The van der Waals surface area contributed by atoms with Crippen LogP contribution in [0.4, 0.5) is 0 Å². The Morgan fingerprint density at radius 2 is 1.97 bits per heavy atom. The highest BCUT2D eigenvalue weighted by molar-refractivity contribution is 7.89. The molecule has 0 radical (unpaired) electrons. The van der Waals surface area contributed by atoms with Crippen molar-refractivity contribution in [3.63, 3.8) is 0 Å². The zero-order valence-electron chi connectivity index (χ0n) is 17.6. The fourth-order valence-electron chi connectivity index (χ4n) is 4.34. The van der Waals surface area contributed by atoms with Crippen molar-refractivity contribution in [3.05, 3.63) is 29.8 Å². The van der Waals surface area contributed by atoms with Crippen LogP contribution in [0.3, 0.4) is 0 Å². The first-order valence-electron chi connectivity index (χ1n) is 10.6. The minimum Gasteiger partial charge on any atom is -0.383 e. The highest BCUT2D eigenvalue weighted by Crippen LogP contribution is 2.36. The van der Waals surface area contributed by atoms with E-state index in [-0.39, 0.29) is 11.4 Å². The second-order valence-corrected chi connectivity index (χ2v) is 9.68. The number of benzene rings is 1. The first-order chi connectivity index (χ1) is 14.0. The number of nitrogens with one attached hydrogen (secondary N) is 2. The van der Waals surface area contributed by atoms with Crippen LogP contribution in [-0.2, 0) is 21.3 Å². The van der Waals surface area contributed by atoms with Gasteiger partial charge in [0.05, 0.1) is 18.0 Å². The topological polar surface area (TPSA) is 83.0 Å². The Kier molecular flexibility index (Phi) is 7.91. The Bertz CT molecular complexity index is 783. The second kappa shape index (κ2) is 10.4. The number of guanidine groups is 1. The number of sulfonamides is 1. The smallest absolute Gasteiger partial charge is 0.240 e. The van der Waals surface area contributed by atoms with Crippen molar-refractivity contribution in [1.82, 2.24) is 14.9 Å². The molecule has 2 unspecified atom stereocenters. The zero-order chi connectivity index (χ0) is 20.7. The fourth-order valence-corrected chi connectivity index (χ4v) is 5.43. The number of fused-ring (bicyclic) bond motifs is 1. The van der Waals surface area contributed by atoms with Gasteiger partial charge in [0.1, 0.15) is 0 Å². The first kappa shape index (κ1) is 22.1. The molecule has 0 bridgehead atoms. The van der Waals surface area contributed by atoms with Crippen molar-refractivity contribution in [1.29, 1.82) is 0 Å². The third-order valence-electron chi connectivity index (χ3n) is 5.83. The Hall–Kier alpha value is -1.64. The third kappa shape index (κ3) is 5.93. The van der Waals surface area contributed by atoms with Crippen LogP contribution in [0.15, 0.2) is 34.2 Å². The van der Waals surface area contributed by atoms with E-state index in [9.17, 15) is 8.42 Å². The molecule has 29 heavy (non-hydrogen) atoms. The van der Waals surface area contributed by atoms with Gasteiger partial charge in [-0.2, -0.15) is 0 Å². The third-order valence-corrected chi connectivity index (χ3v) is 7.29. The van der Waals surface area contributed by atoms with Crippen molar-refractivity contribution in [3.8, 4) is 0 Å². The summed E-state index contributed by atoms with van der Waals surface area (Å²) < 4.78 is 32.3. The molecule has 0 aromatic heterocycles. The summed E-state index contributed by atoms with van der Waals surface area (Å²) >= 11 is 0. The summed E-state index contributed by atoms with van der Waals surface area (Å²) in [5.74, 6) is 2.52. The van der Waals surface area contributed by atoms with Gasteiger partial charge in [-0.15, -0.1) is 0 Å². The molecule has 1 heterocycles. The average molecular weight is 423 g/mol. The molecule has 0 spiro atoms. The lowest BCUT2D eigenvalue weighted by Crippen LogP contribution is -2.40. The van der Waals surface area contributed by atoms with Gasteiger partial charge in [0.25, 0.3) is 0 Å². The van der Waals surface area contributed by atoms with Crippen LogP contribution < -0.4 is 10.0 Å². The summed E-state index contributed by atoms with van der Waals surface area (Å²) in [7, 11) is -1.99. The highest BCUT2D eigenvalue weighted by Gasteiger charge is 2.35. The molecule has 2 N–H and O–H groups in total. The van der Waals surface area contributed by atoms with E-state index in [0.29, 0.717) is 13.2 Å². The number of ether oxygens (including phenoxy) is 1. The largest absolute Gasteiger partial charge is 0.383 e. The zero-order valence-corrected chi connectivity index (χ0v) is 18.4. The summed E-state index contributed by atoms with van der Waals surface area (Å²) in [6.45, 7) is 6.11. The standard InChI is InChI=1S/C21H34N4O3S/c1-3-22-21(25-15-18-8-4-5-9-19(18)16-25)23-14-17-7-6-10-20(13-17)29(26,27)24-11-12-28-2/h6-7,10,13,18-19,24H,3-5,8-9,11-12,14-16H2,1-2H3,(H,22,23). The molecular weight excluding hydrogens is 388 g/mol. The van der Waals surface area contributed by atoms with Crippen LogP contribution in [0.5, 0.6) is 0 Å². The minimum atomic E-state index is -3.54. The van der Waals surface area contributed by atoms with Gasteiger partial charge in [-0.1, -0.05) is 25.0 Å². The van der Waals surface area contributed by atoms with Crippen LogP contribution in [-0.4, -0.2) is 59.2 Å². The van der Waals surface area contributed by atoms with E-state index in [4.69, 9.17) is 9.73 Å². The van der Waals surface area contributed by atoms with Crippen molar-refractivity contribution in [2.24, 2.45) is 16.8 Å². The van der Waals surface area contributed by atoms with Crippen molar-refractivity contribution >= 4 is 16.0 Å². The summed E-state index contributed by atoms with van der Waals surface area (Å²) in [5, 5.41) is 3.42. The molecule has 1 aromatic carbocycles. The van der Waals surface area contributed by atoms with Gasteiger partial charge in [-0.25, -0.2) is 18.1 Å². The summed E-state index contributed by atoms with van der Waals surface area (Å²) in [4.78, 5) is 7.47. The van der Waals surface area contributed by atoms with Crippen LogP contribution >= 0.6 is 0 Å². The number of aliphatic imine (C=N–C) groups is 1. The Labute approximate surface area is 175 Å². The van der Waals surface area contributed by atoms with E-state index >= 15 is 0 Å². The molecule has 1 saturated carbocycles. The summed E-state index contributed by atoms with van der Waals surface area (Å²) in [6, 6.07) is 7.00. The predicted molar refractivity (Wildman–Crippen MR) is 115 cm³/mol. The normalized spacial score (nSPS) is 22.6. The number of hydrogen-bond donors (Lipinski definition) is 2. The maximum absolute atomic E-state index is 12.4. The number of methoxy groups -OCH3 is 1. The van der Waals surface area contributed by atoms with Crippen molar-refractivity contribution in [2.45, 2.75) is 44.0 Å². The van der Waals surface area contributed by atoms with Crippen LogP contribution in [0.2, 0.25) is 0 Å². The lowest BCUT2D eigenvalue weighted by atomic mass is 9.82. The molecule has 2 fully saturated rings. The lowest BCUT2D eigenvalue weighted by Gasteiger charge is -2.22. The lowest BCUT2D eigenvalue weighted by molar-refractivity contribution is 0.204. The second-order valence-electron chi connectivity index (χ2n) is 7.92. The number of nitrogens with zero attached hydrogens (tertiary/aromatic N) is 2. The van der Waals surface area contributed by atoms with Gasteiger partial charge in [0, 0.05) is 33.3 Å². The van der Waals surface area contributed by atoms with Gasteiger partial charge >= 0.3 is 0 Å². The van der Waals surface area contributed by atoms with E-state index in [1.807, 2.05) is 6.07 Å². The molecular formula is C21H34N4O3S. The van der Waals surface area contributed by atoms with Gasteiger partial charge in [-0.3, -0.25) is 0 Å². The number of hydrogen-bond acceptors (Lipinski definition) is 4. The number of likely N-dealkylation sites (tertiary alicyclic amines) is 1. The first-order valence-corrected chi connectivity index (χ1v) is 12.1. The van der Waals surface area contributed by atoms with Crippen LogP contribution in [0.1, 0.15) is 38.2 Å². The maximum Gasteiger partial charge on any atom is 0.240 e. The molecule has 1 aromatic rings. The van der Waals surface area contributed by atoms with Crippen molar-refractivity contribution in [2.75, 3.05) is 39.9 Å². The summed E-state index contributed by atoms with van der Waals surface area (Å²) in [6.07, 6.45) is 5.36. The fraction of sp³-hybridized carbons (Fsp3) is 0.667. The van der Waals surface area contributed by atoms with E-state index < -0.39 is 10.0 Å². The van der Waals surface area contributed by atoms with Gasteiger partial charge in [0.2, 0.25) is 10.0 Å². The molecule has 1 aliphatic carbocycles. The maximum atomic E-state index is 12.4. The minimum absolute atomic E-state index is 0.253. The quantitative estimate of drug-likeness (QED) is 0.381. The van der Waals surface area contributed by atoms with Crippen LogP contribution in [0, 0.1) is 11.8 Å². The molecule has 0 amide bonds. The van der Waals surface area contributed by atoms with Gasteiger partial charge < -0.3 is 15.0 Å². The van der Waals surface area contributed by atoms with E-state index in [1.54, 1.807) is 25.3 Å². The molecule has 2 aliphatic rings. The average Bonchev–Trinajstić information content (AvgIpc) is 3.15. The number of rotatable bonds is 8. The van der Waals surface area contributed by atoms with Gasteiger partial charge in [0.15, 0.2) is 5.96 Å². The molecule has 162 valence electrons. The molecule has 8 heteroatoms. The molecule has 7 nitrogen and oxygen atoms in total. The molecule has 1 aliphatic heterocycles. The SMILES string of the molecule is CCNC(=NCc1cccc(S(=O)(=O)NCCOC)c1)N1CC2CCCCC2C1.